The van der Waals surface area contributed by atoms with Crippen molar-refractivity contribution >= 4 is 10.9 Å². The summed E-state index contributed by atoms with van der Waals surface area (Å²) >= 11 is 0. The van der Waals surface area contributed by atoms with E-state index in [1.54, 1.807) is 0 Å². The van der Waals surface area contributed by atoms with Crippen LogP contribution < -0.4 is 0 Å². The normalized spacial score (nSPS) is 11.2. The largest absolute Gasteiger partial charge is 0.341 e. The topological polar surface area (TPSA) is 22.8 Å². The zero-order valence-corrected chi connectivity index (χ0v) is 10.1. The fraction of sp³-hybridized carbons (Fsp3) is 0.214. The van der Waals surface area contributed by atoms with Gasteiger partial charge in [0.05, 0.1) is 12.2 Å². The van der Waals surface area contributed by atoms with Crippen LogP contribution in [0.4, 0.5) is 0 Å². The molecule has 3 heteroatoms. The Balaban J connectivity index is 2.04. The lowest BCUT2D eigenvalue weighted by Gasteiger charge is -2.03. The lowest BCUT2D eigenvalue weighted by atomic mass is 10.1. The van der Waals surface area contributed by atoms with Crippen molar-refractivity contribution in [1.82, 2.24) is 14.3 Å². The zero-order chi connectivity index (χ0) is 11.8. The van der Waals surface area contributed by atoms with Crippen LogP contribution in [0.5, 0.6) is 0 Å². The first kappa shape index (κ1) is 10.1. The van der Waals surface area contributed by atoms with E-state index in [1.807, 2.05) is 17.9 Å². The van der Waals surface area contributed by atoms with Gasteiger partial charge >= 0.3 is 0 Å². The van der Waals surface area contributed by atoms with E-state index in [0.717, 1.165) is 12.2 Å². The van der Waals surface area contributed by atoms with Crippen molar-refractivity contribution in [3.05, 3.63) is 54.0 Å². The van der Waals surface area contributed by atoms with E-state index in [1.165, 1.54) is 16.5 Å². The van der Waals surface area contributed by atoms with Crippen molar-refractivity contribution in [2.45, 2.75) is 13.5 Å². The van der Waals surface area contributed by atoms with Crippen molar-refractivity contribution in [1.29, 1.82) is 0 Å². The Morgan fingerprint density at radius 1 is 1.12 bits per heavy atom. The highest BCUT2D eigenvalue weighted by molar-refractivity contribution is 5.83. The Bertz CT molecular complexity index is 661. The quantitative estimate of drug-likeness (QED) is 0.657. The summed E-state index contributed by atoms with van der Waals surface area (Å²) in [6, 6.07) is 10.6. The molecule has 0 spiro atoms. The molecule has 0 bridgehead atoms. The van der Waals surface area contributed by atoms with Gasteiger partial charge in [-0.3, -0.25) is 4.68 Å². The van der Waals surface area contributed by atoms with Crippen molar-refractivity contribution in [2.24, 2.45) is 7.05 Å². The molecule has 0 unspecified atom stereocenters. The van der Waals surface area contributed by atoms with Crippen LogP contribution in [-0.2, 0) is 13.6 Å². The maximum Gasteiger partial charge on any atom is 0.0821 e. The molecule has 2 heterocycles. The molecule has 3 rings (SSSR count). The predicted molar refractivity (Wildman–Crippen MR) is 69.0 cm³/mol. The maximum absolute atomic E-state index is 4.41. The van der Waals surface area contributed by atoms with Crippen LogP contribution in [0.2, 0.25) is 0 Å². The smallest absolute Gasteiger partial charge is 0.0821 e. The number of fused-ring (bicyclic) bond motifs is 1. The molecule has 17 heavy (non-hydrogen) atoms. The summed E-state index contributed by atoms with van der Waals surface area (Å²) < 4.78 is 4.08. The van der Waals surface area contributed by atoms with Crippen LogP contribution in [-0.4, -0.2) is 14.3 Å². The Morgan fingerprint density at radius 2 is 2.00 bits per heavy atom. The summed E-state index contributed by atoms with van der Waals surface area (Å²) in [7, 11) is 1.95. The van der Waals surface area contributed by atoms with Crippen molar-refractivity contribution in [2.75, 3.05) is 0 Å². The molecular weight excluding hydrogens is 210 g/mol. The third-order valence-corrected chi connectivity index (χ3v) is 3.13. The van der Waals surface area contributed by atoms with Gasteiger partial charge in [-0.1, -0.05) is 12.1 Å². The minimum Gasteiger partial charge on any atom is -0.341 e. The first-order chi connectivity index (χ1) is 8.24. The molecule has 0 amide bonds. The molecule has 86 valence electrons. The molecule has 3 nitrogen and oxygen atoms in total. The lowest BCUT2D eigenvalue weighted by molar-refractivity contribution is 0.716. The highest BCUT2D eigenvalue weighted by atomic mass is 15.3. The van der Waals surface area contributed by atoms with Gasteiger partial charge in [0.1, 0.15) is 0 Å². The lowest BCUT2D eigenvalue weighted by Crippen LogP contribution is -1.99. The second-order valence-electron chi connectivity index (χ2n) is 4.43. The molecule has 0 saturated heterocycles. The van der Waals surface area contributed by atoms with Gasteiger partial charge < -0.3 is 4.57 Å². The molecule has 0 aliphatic rings. The van der Waals surface area contributed by atoms with Crippen LogP contribution >= 0.6 is 0 Å². The summed E-state index contributed by atoms with van der Waals surface area (Å²) in [4.78, 5) is 0. The molecule has 0 fully saturated rings. The van der Waals surface area contributed by atoms with Gasteiger partial charge in [-0.2, -0.15) is 5.10 Å². The predicted octanol–water partition coefficient (Wildman–Crippen LogP) is 2.73. The van der Waals surface area contributed by atoms with E-state index in [2.05, 4.69) is 53.1 Å². The number of benzene rings is 1. The van der Waals surface area contributed by atoms with Crippen molar-refractivity contribution in [3.8, 4) is 0 Å². The summed E-state index contributed by atoms with van der Waals surface area (Å²) in [5.41, 5.74) is 3.68. The average Bonchev–Trinajstić information content (AvgIpc) is 2.88. The number of hydrogen-bond acceptors (Lipinski definition) is 1. The highest BCUT2D eigenvalue weighted by Crippen LogP contribution is 2.20. The summed E-state index contributed by atoms with van der Waals surface area (Å²) in [5.74, 6) is 0. The standard InChI is InChI=1S/C14H15N3/c1-11-4-3-5-14-13(11)7-9-17(14)10-12-6-8-16(2)15-12/h3-9H,10H2,1-2H3. The van der Waals surface area contributed by atoms with Gasteiger partial charge in [0.2, 0.25) is 0 Å². The minimum absolute atomic E-state index is 0.827. The fourth-order valence-corrected chi connectivity index (χ4v) is 2.24. The molecule has 3 aromatic rings. The zero-order valence-electron chi connectivity index (χ0n) is 10.1. The third kappa shape index (κ3) is 1.73. The molecule has 0 aliphatic heterocycles. The second kappa shape index (κ2) is 3.77. The molecule has 1 aromatic carbocycles. The van der Waals surface area contributed by atoms with Crippen LogP contribution in [0.3, 0.4) is 0 Å². The van der Waals surface area contributed by atoms with Crippen LogP contribution in [0.1, 0.15) is 11.3 Å². The third-order valence-electron chi connectivity index (χ3n) is 3.13. The van der Waals surface area contributed by atoms with Gasteiger partial charge in [-0.05, 0) is 30.7 Å². The molecule has 0 atom stereocenters. The Hall–Kier alpha value is -2.03. The van der Waals surface area contributed by atoms with E-state index in [9.17, 15) is 0 Å². The molecule has 0 radical (unpaired) electrons. The molecule has 2 aromatic heterocycles. The molecular formula is C14H15N3. The maximum atomic E-state index is 4.41. The minimum atomic E-state index is 0.827. The second-order valence-corrected chi connectivity index (χ2v) is 4.43. The SMILES string of the molecule is Cc1cccc2c1ccn2Cc1ccn(C)n1. The van der Waals surface area contributed by atoms with Crippen molar-refractivity contribution in [3.63, 3.8) is 0 Å². The highest BCUT2D eigenvalue weighted by Gasteiger charge is 2.04. The van der Waals surface area contributed by atoms with Gasteiger partial charge in [-0.15, -0.1) is 0 Å². The molecule has 0 aliphatic carbocycles. The van der Waals surface area contributed by atoms with E-state index in [0.29, 0.717) is 0 Å². The number of hydrogen-bond donors (Lipinski definition) is 0. The van der Waals surface area contributed by atoms with Gasteiger partial charge in [0.15, 0.2) is 0 Å². The first-order valence-corrected chi connectivity index (χ1v) is 5.77. The van der Waals surface area contributed by atoms with E-state index < -0.39 is 0 Å². The van der Waals surface area contributed by atoms with E-state index in [-0.39, 0.29) is 0 Å². The van der Waals surface area contributed by atoms with Gasteiger partial charge in [0.25, 0.3) is 0 Å². The van der Waals surface area contributed by atoms with Gasteiger partial charge in [0, 0.05) is 30.3 Å². The molecule has 0 saturated carbocycles. The van der Waals surface area contributed by atoms with Crippen LogP contribution in [0, 0.1) is 6.92 Å². The van der Waals surface area contributed by atoms with Crippen molar-refractivity contribution < 1.29 is 0 Å². The summed E-state index contributed by atoms with van der Waals surface area (Å²) in [5, 5.41) is 5.73. The average molecular weight is 225 g/mol. The fourth-order valence-electron chi connectivity index (χ4n) is 2.24. The Labute approximate surface area is 100 Å². The number of nitrogens with zero attached hydrogens (tertiary/aromatic N) is 3. The van der Waals surface area contributed by atoms with E-state index in [4.69, 9.17) is 0 Å². The van der Waals surface area contributed by atoms with Gasteiger partial charge in [-0.25, -0.2) is 0 Å². The Kier molecular flexibility index (Phi) is 2.25. The van der Waals surface area contributed by atoms with E-state index >= 15 is 0 Å². The van der Waals surface area contributed by atoms with Crippen LogP contribution in [0.25, 0.3) is 10.9 Å². The first-order valence-electron chi connectivity index (χ1n) is 5.77. The molecule has 0 N–H and O–H groups in total. The number of aryl methyl sites for hydroxylation is 2. The monoisotopic (exact) mass is 225 g/mol. The van der Waals surface area contributed by atoms with Crippen LogP contribution in [0.15, 0.2) is 42.7 Å². The Morgan fingerprint density at radius 3 is 2.76 bits per heavy atom. The number of aromatic nitrogens is 3. The summed E-state index contributed by atoms with van der Waals surface area (Å²) in [6.07, 6.45) is 4.11. The summed E-state index contributed by atoms with van der Waals surface area (Å²) in [6.45, 7) is 2.97. The number of rotatable bonds is 2.